The van der Waals surface area contributed by atoms with Gasteiger partial charge in [0.2, 0.25) is 0 Å². The van der Waals surface area contributed by atoms with Gasteiger partial charge in [-0.25, -0.2) is 0 Å². The van der Waals surface area contributed by atoms with Crippen molar-refractivity contribution in [1.29, 1.82) is 0 Å². The Balaban J connectivity index is 0.00000468. The van der Waals surface area contributed by atoms with E-state index < -0.39 is 8.07 Å². The molecule has 0 aromatic heterocycles. The topological polar surface area (TPSA) is 0 Å². The molecule has 0 atom stereocenters. The van der Waals surface area contributed by atoms with Gasteiger partial charge in [-0.15, -0.1) is 0 Å². The molecule has 0 bridgehead atoms. The quantitative estimate of drug-likeness (QED) is 0.281. The average molecular weight is 828 g/mol. The number of halogens is 3. The fourth-order valence-electron chi connectivity index (χ4n) is 7.26. The number of rotatable bonds is 4. The van der Waals surface area contributed by atoms with E-state index >= 15 is 0 Å². The van der Waals surface area contributed by atoms with Crippen LogP contribution in [0, 0.1) is 0 Å². The Labute approximate surface area is 357 Å². The zero-order valence-electron chi connectivity index (χ0n) is 36.6. The number of hydrogen-bond acceptors (Lipinski definition) is 0. The van der Waals surface area contributed by atoms with Crippen LogP contribution in [0.15, 0.2) is 75.3 Å². The van der Waals surface area contributed by atoms with Crippen molar-refractivity contribution in [2.75, 3.05) is 0 Å². The molecule has 3 aromatic carbocycles. The molecule has 0 unspecified atom stereocenters. The van der Waals surface area contributed by atoms with Crippen molar-refractivity contribution in [2.24, 2.45) is 0 Å². The van der Waals surface area contributed by atoms with E-state index in [-0.39, 0.29) is 69.7 Å². The Morgan fingerprint density at radius 3 is 0.755 bits per heavy atom. The van der Waals surface area contributed by atoms with Crippen LogP contribution in [-0.2, 0) is 52.9 Å². The molecule has 1 aliphatic rings. The smallest absolute Gasteiger partial charge is 1.00 e. The van der Waals surface area contributed by atoms with Gasteiger partial charge in [-0.05, 0) is 0 Å². The Bertz CT molecular complexity index is 1560. The molecule has 0 saturated heterocycles. The summed E-state index contributed by atoms with van der Waals surface area (Å²) in [7, 11) is -2.93. The zero-order valence-corrected chi connectivity index (χ0v) is 41.4. The minimum atomic E-state index is -2.93. The molecule has 5 heteroatoms. The standard InChI is InChI=1S/C48H69Si.3ClH.Ti/c1-32-21-20-22-42(32)49(39-26-33(43(2,3)4)23-34(27-39)44(5,6)7,40-28-35(45(8,9)10)24-36(29-40)46(11,12)13)41-30-37(47(14,15)16)25-38(31-41)48(17,18)19;;;;/h20,23-31H,22H2,1-19H3;3*1H;/q;;;;+3/p-3. The van der Waals surface area contributed by atoms with Crippen molar-refractivity contribution >= 4 is 23.6 Å². The van der Waals surface area contributed by atoms with Crippen molar-refractivity contribution in [3.63, 3.8) is 0 Å². The number of benzene rings is 3. The minimum absolute atomic E-state index is 0. The van der Waals surface area contributed by atoms with Crippen molar-refractivity contribution in [3.05, 3.63) is 109 Å². The third-order valence-electron chi connectivity index (χ3n) is 11.1. The van der Waals surface area contributed by atoms with E-state index in [4.69, 9.17) is 0 Å². The van der Waals surface area contributed by atoms with E-state index in [1.165, 1.54) is 58.4 Å². The second kappa shape index (κ2) is 16.4. The van der Waals surface area contributed by atoms with Crippen molar-refractivity contribution in [1.82, 2.24) is 0 Å². The molecule has 0 amide bonds. The molecular weight excluding hydrogens is 759 g/mol. The molecule has 290 valence electrons. The first-order chi connectivity index (χ1) is 22.4. The van der Waals surface area contributed by atoms with E-state index in [1.807, 2.05) is 0 Å². The van der Waals surface area contributed by atoms with Crippen molar-refractivity contribution in [2.45, 2.75) is 170 Å². The predicted octanol–water partition coefficient (Wildman–Crippen LogP) is 2.64. The van der Waals surface area contributed by atoms with Gasteiger partial charge in [-0.3, -0.25) is 0 Å². The van der Waals surface area contributed by atoms with E-state index in [2.05, 4.69) is 213 Å². The molecule has 53 heavy (non-hydrogen) atoms. The molecule has 3 aromatic rings. The summed E-state index contributed by atoms with van der Waals surface area (Å²) in [5.74, 6) is 0. The molecular formula is C48H69Cl3SiTi. The average Bonchev–Trinajstić information content (AvgIpc) is 3.28. The molecule has 0 saturated carbocycles. The van der Waals surface area contributed by atoms with Gasteiger partial charge < -0.3 is 37.2 Å². The largest absolute Gasteiger partial charge is 1.00 e. The Morgan fingerprint density at radius 1 is 0.396 bits per heavy atom. The number of allylic oxidation sites excluding steroid dienone is 4. The molecule has 0 spiro atoms. The Morgan fingerprint density at radius 2 is 0.604 bits per heavy atom. The summed E-state index contributed by atoms with van der Waals surface area (Å²) in [5.41, 5.74) is 10.2. The van der Waals surface area contributed by atoms with Gasteiger partial charge in [-0.1, -0.05) is 0 Å². The van der Waals surface area contributed by atoms with Crippen LogP contribution in [0.5, 0.6) is 0 Å². The second-order valence-electron chi connectivity index (χ2n) is 21.6. The second-order valence-corrected chi connectivity index (χ2v) is 26.2. The maximum absolute atomic E-state index is 2.93. The molecule has 0 fully saturated rings. The molecule has 0 N–H and O–H groups in total. The van der Waals surface area contributed by atoms with Gasteiger partial charge in [0, 0.05) is 0 Å². The molecule has 4 rings (SSSR count). The van der Waals surface area contributed by atoms with Gasteiger partial charge >= 0.3 is 323 Å². The van der Waals surface area contributed by atoms with Crippen LogP contribution in [0.3, 0.4) is 0 Å². The van der Waals surface area contributed by atoms with E-state index in [0.717, 1.165) is 6.42 Å². The van der Waals surface area contributed by atoms with E-state index in [1.54, 1.807) is 5.20 Å². The fraction of sp³-hybridized carbons (Fsp3) is 0.542. The minimum Gasteiger partial charge on any atom is -1.00 e. The van der Waals surface area contributed by atoms with E-state index in [9.17, 15) is 0 Å². The van der Waals surface area contributed by atoms with Crippen LogP contribution < -0.4 is 52.8 Å². The first kappa shape index (κ1) is 50.0. The van der Waals surface area contributed by atoms with Gasteiger partial charge in [0.25, 0.3) is 0 Å². The zero-order chi connectivity index (χ0) is 38.2. The maximum atomic E-state index is 2.65. The summed E-state index contributed by atoms with van der Waals surface area (Å²) in [4.78, 5) is 0. The van der Waals surface area contributed by atoms with Crippen LogP contribution >= 0.6 is 0 Å². The van der Waals surface area contributed by atoms with Gasteiger partial charge in [0.1, 0.15) is 0 Å². The third kappa shape index (κ3) is 10.5. The summed E-state index contributed by atoms with van der Waals surface area (Å²) in [6.07, 6.45) is 3.52. The summed E-state index contributed by atoms with van der Waals surface area (Å²) >= 11 is 2.34. The van der Waals surface area contributed by atoms with E-state index in [0.29, 0.717) is 0 Å². The predicted molar refractivity (Wildman–Crippen MR) is 222 cm³/mol. The fourth-order valence-corrected chi connectivity index (χ4v) is 13.2. The monoisotopic (exact) mass is 826 g/mol. The molecule has 0 nitrogen and oxygen atoms in total. The summed E-state index contributed by atoms with van der Waals surface area (Å²) in [6, 6.07) is 23.4. The van der Waals surface area contributed by atoms with Crippen LogP contribution in [0.1, 0.15) is 171 Å². The van der Waals surface area contributed by atoms with Crippen LogP contribution in [0.4, 0.5) is 0 Å². The van der Waals surface area contributed by atoms with Crippen LogP contribution in [0.2, 0.25) is 0 Å². The van der Waals surface area contributed by atoms with Crippen molar-refractivity contribution in [3.8, 4) is 0 Å². The summed E-state index contributed by atoms with van der Waals surface area (Å²) in [6.45, 7) is 45.5. The molecule has 0 radical (unpaired) electrons. The first-order valence-corrected chi connectivity index (χ1v) is 21.8. The third-order valence-corrected chi connectivity index (χ3v) is 17.0. The van der Waals surface area contributed by atoms with Gasteiger partial charge in [0.15, 0.2) is 0 Å². The number of hydrogen-bond donors (Lipinski definition) is 0. The first-order valence-electron chi connectivity index (χ1n) is 19.0. The van der Waals surface area contributed by atoms with Crippen LogP contribution in [-0.4, -0.2) is 8.07 Å². The molecule has 0 heterocycles. The molecule has 0 aliphatic heterocycles. The van der Waals surface area contributed by atoms with Crippen molar-refractivity contribution < 1.29 is 57.7 Å². The Kier molecular flexibility index (Phi) is 15.5. The normalized spacial score (nSPS) is 14.7. The summed E-state index contributed by atoms with van der Waals surface area (Å²) in [5, 5.41) is 6.25. The van der Waals surface area contributed by atoms with Crippen LogP contribution in [0.25, 0.3) is 0 Å². The van der Waals surface area contributed by atoms with Gasteiger partial charge in [0.05, 0.1) is 0 Å². The Hall–Kier alpha value is -1.06. The molecule has 1 aliphatic carbocycles. The maximum Gasteiger partial charge on any atom is -1.00 e. The SMILES string of the molecule is CC1=C([Si](c2cc(C(C)(C)C)cc(C(C)(C)C)c2)(c2cc(C(C)(C)C)cc(C(C)(C)C)c2)c2cc(C(C)(C)C)cc(C(C)(C)C)c2)CC=[C]1[Ti+3].[Cl-].[Cl-].[Cl-]. The van der Waals surface area contributed by atoms with Gasteiger partial charge in [-0.2, -0.15) is 0 Å². The summed E-state index contributed by atoms with van der Waals surface area (Å²) < 4.78 is 1.44.